The first-order valence-electron chi connectivity index (χ1n) is 15.0. The van der Waals surface area contributed by atoms with Crippen molar-refractivity contribution in [3.8, 4) is 11.3 Å². The van der Waals surface area contributed by atoms with Gasteiger partial charge in [-0.1, -0.05) is 6.92 Å². The summed E-state index contributed by atoms with van der Waals surface area (Å²) in [6.07, 6.45) is 8.45. The lowest BCUT2D eigenvalue weighted by Gasteiger charge is -2.35. The third-order valence-corrected chi connectivity index (χ3v) is 9.58. The first kappa shape index (κ1) is 26.6. The van der Waals surface area contributed by atoms with Crippen LogP contribution in [0.3, 0.4) is 0 Å². The number of likely N-dealkylation sites (tertiary alicyclic amines) is 1. The molecule has 1 aromatic carbocycles. The molecule has 0 amide bonds. The number of aryl methyl sites for hydroxylation is 1. The normalized spacial score (nSPS) is 20.2. The molecule has 1 atom stereocenters. The van der Waals surface area contributed by atoms with Crippen LogP contribution >= 0.6 is 0 Å². The summed E-state index contributed by atoms with van der Waals surface area (Å²) < 4.78 is 32.7. The standard InChI is InChI=1S/C32H38F2N7/c1-19(2)40-21(4)37-31-26(33)15-24(16-28(31)40)30-27(34)18-36-32(38-30)41(13-14-41)29-8-5-23(17-35-29)20(3)22-9-11-39(12-10-22)25-6-7-25/h5,8,15-20,22,25H,6-7,9-14H2,1-4H3/q+1/t20-/m0/s1. The van der Waals surface area contributed by atoms with Crippen LogP contribution in [0, 0.1) is 24.5 Å². The van der Waals surface area contributed by atoms with Crippen LogP contribution in [-0.2, 0) is 0 Å². The number of aromatic nitrogens is 5. The van der Waals surface area contributed by atoms with Crippen molar-refractivity contribution < 1.29 is 8.78 Å². The maximum absolute atomic E-state index is 15.2. The van der Waals surface area contributed by atoms with E-state index in [1.807, 2.05) is 31.5 Å². The highest BCUT2D eigenvalue weighted by atomic mass is 19.1. The van der Waals surface area contributed by atoms with Gasteiger partial charge in [-0.25, -0.2) is 18.7 Å². The average molecular weight is 559 g/mol. The Morgan fingerprint density at radius 3 is 2.29 bits per heavy atom. The van der Waals surface area contributed by atoms with Crippen LogP contribution in [0.25, 0.3) is 22.3 Å². The van der Waals surface area contributed by atoms with Gasteiger partial charge >= 0.3 is 5.95 Å². The molecule has 1 saturated carbocycles. The van der Waals surface area contributed by atoms with Crippen molar-refractivity contribution >= 4 is 22.8 Å². The van der Waals surface area contributed by atoms with Gasteiger partial charge in [-0.2, -0.15) is 14.5 Å². The minimum atomic E-state index is -0.579. The van der Waals surface area contributed by atoms with Crippen molar-refractivity contribution in [3.63, 3.8) is 0 Å². The van der Waals surface area contributed by atoms with E-state index in [1.165, 1.54) is 56.6 Å². The third kappa shape index (κ3) is 4.63. The number of hydrogen-bond donors (Lipinski definition) is 0. The maximum atomic E-state index is 15.2. The fourth-order valence-electron chi connectivity index (χ4n) is 6.87. The van der Waals surface area contributed by atoms with Crippen molar-refractivity contribution in [3.05, 3.63) is 59.7 Å². The molecule has 0 unspecified atom stereocenters. The molecule has 4 aromatic rings. The molecular weight excluding hydrogens is 520 g/mol. The summed E-state index contributed by atoms with van der Waals surface area (Å²) in [5, 5.41) is 0. The van der Waals surface area contributed by atoms with Gasteiger partial charge in [-0.05, 0) is 95.1 Å². The lowest BCUT2D eigenvalue weighted by atomic mass is 9.82. The average Bonchev–Trinajstić information content (AvgIpc) is 3.90. The van der Waals surface area contributed by atoms with Gasteiger partial charge in [0.15, 0.2) is 11.6 Å². The minimum absolute atomic E-state index is 0.0826. The zero-order valence-electron chi connectivity index (χ0n) is 24.3. The number of hydrogen-bond acceptors (Lipinski definition) is 5. The summed E-state index contributed by atoms with van der Waals surface area (Å²) in [6.45, 7) is 12.2. The Morgan fingerprint density at radius 1 is 0.902 bits per heavy atom. The fraction of sp³-hybridized carbons (Fsp3) is 0.500. The Labute approximate surface area is 239 Å². The molecular formula is C32H38F2N7+. The molecule has 7 rings (SSSR count). The molecule has 0 N–H and O–H groups in total. The molecule has 0 radical (unpaired) electrons. The predicted octanol–water partition coefficient (Wildman–Crippen LogP) is 6.69. The molecule has 5 heterocycles. The Bertz CT molecular complexity index is 1600. The number of pyridine rings is 1. The molecule has 0 bridgehead atoms. The second-order valence-electron chi connectivity index (χ2n) is 12.6. The van der Waals surface area contributed by atoms with E-state index >= 15 is 8.78 Å². The molecule has 3 aliphatic rings. The van der Waals surface area contributed by atoms with Crippen molar-refractivity contribution in [1.82, 2.24) is 33.9 Å². The topological polar surface area (TPSA) is 59.7 Å². The number of quaternary nitrogens is 1. The van der Waals surface area contributed by atoms with Gasteiger partial charge in [0.05, 0.1) is 11.7 Å². The van der Waals surface area contributed by atoms with E-state index in [0.717, 1.165) is 30.8 Å². The van der Waals surface area contributed by atoms with E-state index in [1.54, 1.807) is 6.07 Å². The maximum Gasteiger partial charge on any atom is 0.336 e. The van der Waals surface area contributed by atoms with Gasteiger partial charge in [0.25, 0.3) is 0 Å². The third-order valence-electron chi connectivity index (χ3n) is 9.58. The first-order chi connectivity index (χ1) is 19.7. The SMILES string of the molecule is Cc1nc2c(F)cc(-c3nc([N+]4(c5ccc([C@@H](C)C6CCN(C7CC7)CC6)cn5)CC4)ncc3F)cc2n1C(C)C. The van der Waals surface area contributed by atoms with Crippen LogP contribution in [0.2, 0.25) is 0 Å². The van der Waals surface area contributed by atoms with E-state index in [9.17, 15) is 0 Å². The van der Waals surface area contributed by atoms with Crippen LogP contribution in [0.1, 0.15) is 69.8 Å². The van der Waals surface area contributed by atoms with Gasteiger partial charge in [0.1, 0.15) is 30.1 Å². The summed E-state index contributed by atoms with van der Waals surface area (Å²) in [4.78, 5) is 21.0. The number of nitrogens with zero attached hydrogens (tertiary/aromatic N) is 7. The Balaban J connectivity index is 1.16. The highest BCUT2D eigenvalue weighted by Gasteiger charge is 2.51. The zero-order valence-corrected chi connectivity index (χ0v) is 24.3. The minimum Gasteiger partial charge on any atom is -0.326 e. The molecule has 9 heteroatoms. The number of imidazole rings is 1. The molecule has 2 aliphatic heterocycles. The van der Waals surface area contributed by atoms with Gasteiger partial charge in [-0.3, -0.25) is 0 Å². The number of benzene rings is 1. The van der Waals surface area contributed by atoms with Crippen LogP contribution in [0.15, 0.2) is 36.7 Å². The van der Waals surface area contributed by atoms with Crippen molar-refractivity contribution in [2.75, 3.05) is 26.2 Å². The predicted molar refractivity (Wildman–Crippen MR) is 157 cm³/mol. The van der Waals surface area contributed by atoms with Crippen molar-refractivity contribution in [1.29, 1.82) is 0 Å². The summed E-state index contributed by atoms with van der Waals surface area (Å²) >= 11 is 0. The van der Waals surface area contributed by atoms with E-state index in [4.69, 9.17) is 4.98 Å². The molecule has 7 nitrogen and oxygen atoms in total. The van der Waals surface area contributed by atoms with Crippen molar-refractivity contribution in [2.24, 2.45) is 5.92 Å². The molecule has 1 aliphatic carbocycles. The number of halogens is 2. The molecule has 214 valence electrons. The summed E-state index contributed by atoms with van der Waals surface area (Å²) in [5.41, 5.74) is 2.66. The monoisotopic (exact) mass is 558 g/mol. The molecule has 0 spiro atoms. The van der Waals surface area contributed by atoms with Gasteiger partial charge in [-0.15, -0.1) is 0 Å². The quantitative estimate of drug-likeness (QED) is 0.187. The fourth-order valence-corrected chi connectivity index (χ4v) is 6.87. The first-order valence-corrected chi connectivity index (χ1v) is 15.0. The lowest BCUT2D eigenvalue weighted by molar-refractivity contribution is 0.164. The largest absolute Gasteiger partial charge is 0.336 e. The number of piperidine rings is 1. The highest BCUT2D eigenvalue weighted by Crippen LogP contribution is 2.42. The second-order valence-corrected chi connectivity index (χ2v) is 12.6. The summed E-state index contributed by atoms with van der Waals surface area (Å²) in [5.74, 6) is 2.13. The van der Waals surface area contributed by atoms with E-state index in [0.29, 0.717) is 33.3 Å². The summed E-state index contributed by atoms with van der Waals surface area (Å²) in [7, 11) is 0. The van der Waals surface area contributed by atoms with Crippen LogP contribution in [0.5, 0.6) is 0 Å². The summed E-state index contributed by atoms with van der Waals surface area (Å²) in [6, 6.07) is 8.32. The molecule has 41 heavy (non-hydrogen) atoms. The Kier molecular flexibility index (Phi) is 6.43. The van der Waals surface area contributed by atoms with Crippen LogP contribution in [-0.4, -0.2) is 61.6 Å². The van der Waals surface area contributed by atoms with E-state index in [2.05, 4.69) is 38.9 Å². The molecule has 3 fully saturated rings. The van der Waals surface area contributed by atoms with Crippen molar-refractivity contribution in [2.45, 2.75) is 71.4 Å². The number of rotatable bonds is 7. The molecule has 3 aromatic heterocycles. The highest BCUT2D eigenvalue weighted by molar-refractivity contribution is 5.83. The van der Waals surface area contributed by atoms with Crippen LogP contribution in [0.4, 0.5) is 20.5 Å². The van der Waals surface area contributed by atoms with Crippen LogP contribution < -0.4 is 4.48 Å². The van der Waals surface area contributed by atoms with Gasteiger partial charge < -0.3 is 9.47 Å². The zero-order chi connectivity index (χ0) is 28.5. The lowest BCUT2D eigenvalue weighted by Crippen LogP contribution is -2.36. The number of fused-ring (bicyclic) bond motifs is 1. The van der Waals surface area contributed by atoms with E-state index < -0.39 is 11.6 Å². The van der Waals surface area contributed by atoms with E-state index in [-0.39, 0.29) is 17.3 Å². The Morgan fingerprint density at radius 2 is 1.66 bits per heavy atom. The molecule has 2 saturated heterocycles. The van der Waals surface area contributed by atoms with Gasteiger partial charge in [0, 0.05) is 29.9 Å². The smallest absolute Gasteiger partial charge is 0.326 e. The second kappa shape index (κ2) is 9.91. The van der Waals surface area contributed by atoms with Gasteiger partial charge in [0.2, 0.25) is 5.82 Å². The Hall–Kier alpha value is -3.30.